The largest absolute Gasteiger partial charge is 0.417 e. The number of pyridine rings is 2. The van der Waals surface area contributed by atoms with Gasteiger partial charge in [-0.1, -0.05) is 5.16 Å². The summed E-state index contributed by atoms with van der Waals surface area (Å²) in [4.78, 5) is 24.5. The highest BCUT2D eigenvalue weighted by Crippen LogP contribution is 2.29. The zero-order chi connectivity index (χ0) is 19.2. The van der Waals surface area contributed by atoms with Gasteiger partial charge < -0.3 is 4.52 Å². The van der Waals surface area contributed by atoms with Crippen LogP contribution in [0.1, 0.15) is 11.1 Å². The third kappa shape index (κ3) is 3.05. The van der Waals surface area contributed by atoms with Crippen LogP contribution in [0, 0.1) is 6.92 Å². The highest BCUT2D eigenvalue weighted by molar-refractivity contribution is 5.57. The fourth-order valence-electron chi connectivity index (χ4n) is 2.45. The Balaban J connectivity index is 1.73. The third-order valence-corrected chi connectivity index (χ3v) is 3.84. The number of rotatable bonds is 2. The van der Waals surface area contributed by atoms with Gasteiger partial charge in [0.25, 0.3) is 11.4 Å². The van der Waals surface area contributed by atoms with Crippen molar-refractivity contribution in [3.05, 3.63) is 64.3 Å². The maximum Gasteiger partial charge on any atom is 0.417 e. The first-order valence-electron chi connectivity index (χ1n) is 7.69. The van der Waals surface area contributed by atoms with Crippen LogP contribution in [0.15, 0.2) is 52.2 Å². The summed E-state index contributed by atoms with van der Waals surface area (Å²) in [6, 6.07) is 5.50. The Kier molecular flexibility index (Phi) is 3.76. The molecule has 10 heteroatoms. The average Bonchev–Trinajstić information content (AvgIpc) is 3.11. The monoisotopic (exact) mass is 373 g/mol. The Morgan fingerprint density at radius 1 is 1.11 bits per heavy atom. The van der Waals surface area contributed by atoms with Gasteiger partial charge in [-0.3, -0.25) is 14.2 Å². The normalized spacial score (nSPS) is 11.9. The van der Waals surface area contributed by atoms with E-state index < -0.39 is 17.3 Å². The highest BCUT2D eigenvalue weighted by atomic mass is 19.4. The van der Waals surface area contributed by atoms with Crippen LogP contribution in [0.25, 0.3) is 28.6 Å². The third-order valence-electron chi connectivity index (χ3n) is 3.84. The minimum atomic E-state index is -4.49. The molecule has 0 fully saturated rings. The molecule has 4 heterocycles. The summed E-state index contributed by atoms with van der Waals surface area (Å²) in [6.07, 6.45) is -0.912. The van der Waals surface area contributed by atoms with Crippen LogP contribution >= 0.6 is 0 Å². The summed E-state index contributed by atoms with van der Waals surface area (Å²) in [5, 5.41) is 3.68. The Morgan fingerprint density at radius 2 is 1.93 bits per heavy atom. The number of alkyl halides is 3. The fraction of sp³-hybridized carbons (Fsp3) is 0.118. The second-order valence-electron chi connectivity index (χ2n) is 5.76. The zero-order valence-corrected chi connectivity index (χ0v) is 13.7. The van der Waals surface area contributed by atoms with Gasteiger partial charge in [0.05, 0.1) is 5.56 Å². The Bertz CT molecular complexity index is 1200. The van der Waals surface area contributed by atoms with E-state index in [1.54, 1.807) is 18.3 Å². The molecule has 0 aliphatic rings. The van der Waals surface area contributed by atoms with Gasteiger partial charge in [0.1, 0.15) is 16.9 Å². The average molecular weight is 373 g/mol. The topological polar surface area (TPSA) is 86.2 Å². The van der Waals surface area contributed by atoms with Crippen LogP contribution in [0.5, 0.6) is 0 Å². The highest BCUT2D eigenvalue weighted by Gasteiger charge is 2.31. The summed E-state index contributed by atoms with van der Waals surface area (Å²) in [5.74, 6) is -0.133. The van der Waals surface area contributed by atoms with Gasteiger partial charge in [0.2, 0.25) is 5.82 Å². The molecule has 136 valence electrons. The van der Waals surface area contributed by atoms with E-state index in [0.717, 1.165) is 17.7 Å². The summed E-state index contributed by atoms with van der Waals surface area (Å²) >= 11 is 0. The Hall–Kier alpha value is -3.56. The van der Waals surface area contributed by atoms with Crippen molar-refractivity contribution in [1.29, 1.82) is 0 Å². The van der Waals surface area contributed by atoms with Gasteiger partial charge in [-0.15, -0.1) is 0 Å². The molecule has 0 amide bonds. The molecule has 0 unspecified atom stereocenters. The number of aromatic nitrogens is 5. The smallest absolute Gasteiger partial charge is 0.333 e. The van der Waals surface area contributed by atoms with Crippen molar-refractivity contribution in [2.24, 2.45) is 0 Å². The van der Waals surface area contributed by atoms with E-state index in [1.165, 1.54) is 10.6 Å². The van der Waals surface area contributed by atoms with E-state index in [4.69, 9.17) is 4.52 Å². The summed E-state index contributed by atoms with van der Waals surface area (Å²) in [6.45, 7) is 1.88. The molecule has 0 radical (unpaired) electrons. The van der Waals surface area contributed by atoms with Gasteiger partial charge >= 0.3 is 6.18 Å². The van der Waals surface area contributed by atoms with E-state index in [-0.39, 0.29) is 23.0 Å². The number of fused-ring (bicyclic) bond motifs is 1. The number of hydrogen-bond donors (Lipinski definition) is 0. The van der Waals surface area contributed by atoms with E-state index in [1.807, 2.05) is 6.92 Å². The van der Waals surface area contributed by atoms with Gasteiger partial charge in [0, 0.05) is 18.6 Å². The maximum absolute atomic E-state index is 12.6. The van der Waals surface area contributed by atoms with Crippen molar-refractivity contribution in [3.8, 4) is 23.0 Å². The number of hydrogen-bond acceptors (Lipinski definition) is 6. The number of halogens is 3. The molecular formula is C17H10F3N5O2. The minimum Gasteiger partial charge on any atom is -0.333 e. The first-order chi connectivity index (χ1) is 12.8. The fourth-order valence-corrected chi connectivity index (χ4v) is 2.45. The van der Waals surface area contributed by atoms with Crippen molar-refractivity contribution < 1.29 is 17.7 Å². The lowest BCUT2D eigenvalue weighted by atomic mass is 10.2. The molecule has 0 bridgehead atoms. The van der Waals surface area contributed by atoms with Gasteiger partial charge in [-0.25, -0.2) is 4.98 Å². The second kappa shape index (κ2) is 6.01. The second-order valence-corrected chi connectivity index (χ2v) is 5.76. The SMILES string of the molecule is Cc1ccn2c(=O)c(-c3nc(-c4ccc(C(F)(F)F)cn4)no3)cnc2c1. The molecule has 7 nitrogen and oxygen atoms in total. The molecule has 0 atom stereocenters. The molecule has 4 aromatic heterocycles. The quantitative estimate of drug-likeness (QED) is 0.537. The van der Waals surface area contributed by atoms with Crippen LogP contribution in [0.2, 0.25) is 0 Å². The van der Waals surface area contributed by atoms with E-state index in [2.05, 4.69) is 20.1 Å². The lowest BCUT2D eigenvalue weighted by molar-refractivity contribution is -0.137. The first-order valence-corrected chi connectivity index (χ1v) is 7.69. The van der Waals surface area contributed by atoms with E-state index >= 15 is 0 Å². The first kappa shape index (κ1) is 16.9. The molecular weight excluding hydrogens is 363 g/mol. The predicted octanol–water partition coefficient (Wildman–Crippen LogP) is 3.13. The molecule has 4 aromatic rings. The van der Waals surface area contributed by atoms with Gasteiger partial charge in [0.15, 0.2) is 0 Å². The maximum atomic E-state index is 12.6. The van der Waals surface area contributed by atoms with Crippen LogP contribution in [-0.2, 0) is 6.18 Å². The molecule has 0 spiro atoms. The lowest BCUT2D eigenvalue weighted by Gasteiger charge is -2.05. The number of aryl methyl sites for hydroxylation is 1. The molecule has 0 N–H and O–H groups in total. The summed E-state index contributed by atoms with van der Waals surface area (Å²) in [5.41, 5.74) is 0.276. The molecule has 27 heavy (non-hydrogen) atoms. The number of nitrogens with zero attached hydrogens (tertiary/aromatic N) is 5. The molecule has 0 saturated carbocycles. The van der Waals surface area contributed by atoms with Gasteiger partial charge in [-0.2, -0.15) is 18.2 Å². The van der Waals surface area contributed by atoms with E-state index in [0.29, 0.717) is 11.8 Å². The minimum absolute atomic E-state index is 0.0351. The van der Waals surface area contributed by atoms with Gasteiger partial charge in [-0.05, 0) is 36.8 Å². The van der Waals surface area contributed by atoms with Crippen molar-refractivity contribution >= 4 is 5.65 Å². The summed E-state index contributed by atoms with van der Waals surface area (Å²) in [7, 11) is 0. The van der Waals surface area contributed by atoms with Crippen molar-refractivity contribution in [1.82, 2.24) is 24.5 Å². The Morgan fingerprint density at radius 3 is 2.63 bits per heavy atom. The van der Waals surface area contributed by atoms with Crippen LogP contribution in [0.3, 0.4) is 0 Å². The molecule has 0 aliphatic carbocycles. The standard InChI is InChI=1S/C17H10F3N5O2/c1-9-4-5-25-13(6-9)22-8-11(16(25)26)15-23-14(24-27-15)12-3-2-10(7-21-12)17(18,19)20/h2-8H,1H3. The summed E-state index contributed by atoms with van der Waals surface area (Å²) < 4.78 is 44.2. The Labute approximate surface area is 149 Å². The van der Waals surface area contributed by atoms with Crippen molar-refractivity contribution in [2.75, 3.05) is 0 Å². The van der Waals surface area contributed by atoms with Crippen molar-refractivity contribution in [2.45, 2.75) is 13.1 Å². The zero-order valence-electron chi connectivity index (χ0n) is 13.7. The van der Waals surface area contributed by atoms with Crippen molar-refractivity contribution in [3.63, 3.8) is 0 Å². The molecule has 0 aromatic carbocycles. The lowest BCUT2D eigenvalue weighted by Crippen LogP contribution is -2.16. The predicted molar refractivity (Wildman–Crippen MR) is 87.7 cm³/mol. The molecule has 0 aliphatic heterocycles. The van der Waals surface area contributed by atoms with Crippen LogP contribution in [0.4, 0.5) is 13.2 Å². The van der Waals surface area contributed by atoms with Crippen LogP contribution in [-0.4, -0.2) is 24.5 Å². The van der Waals surface area contributed by atoms with Crippen LogP contribution < -0.4 is 5.56 Å². The molecule has 0 saturated heterocycles. The molecule has 4 rings (SSSR count). The van der Waals surface area contributed by atoms with E-state index in [9.17, 15) is 18.0 Å².